The van der Waals surface area contributed by atoms with Gasteiger partial charge >= 0.3 is 6.15 Å². The molecule has 66 valence electrons. The summed E-state index contributed by atoms with van der Waals surface area (Å²) < 4.78 is 9.64. The first-order valence-electron chi connectivity index (χ1n) is 3.15. The minimum absolute atomic E-state index is 0.250. The van der Waals surface area contributed by atoms with Gasteiger partial charge in [0, 0.05) is 13.2 Å². The molecule has 0 spiro atoms. The first kappa shape index (κ1) is 10.6. The topological polar surface area (TPSA) is 69.4 Å². The third kappa shape index (κ3) is 4.38. The van der Waals surface area contributed by atoms with Gasteiger partial charge in [0.25, 0.3) is 0 Å². The van der Waals surface area contributed by atoms with Gasteiger partial charge in [-0.3, -0.25) is 0 Å². The van der Waals surface area contributed by atoms with E-state index in [9.17, 15) is 0 Å². The van der Waals surface area contributed by atoms with Crippen LogP contribution in [-0.4, -0.2) is 18.4 Å². The maximum Gasteiger partial charge on any atom is 0.373 e. The Bertz CT molecular complexity index is 250. The minimum atomic E-state index is 0.250. The zero-order valence-electron chi connectivity index (χ0n) is 6.86. The van der Waals surface area contributed by atoms with E-state index in [0.717, 1.165) is 11.5 Å². The van der Waals surface area contributed by atoms with Crippen LogP contribution in [0.3, 0.4) is 0 Å². The first-order valence-corrected chi connectivity index (χ1v) is 3.15. The van der Waals surface area contributed by atoms with E-state index in [2.05, 4.69) is 5.16 Å². The van der Waals surface area contributed by atoms with Crippen LogP contribution in [0.4, 0.5) is 0 Å². The Balaban J connectivity index is 0.000000354. The van der Waals surface area contributed by atoms with Crippen molar-refractivity contribution in [3.63, 3.8) is 0 Å². The molecular weight excluding hydrogens is 162 g/mol. The van der Waals surface area contributed by atoms with Crippen LogP contribution in [0.25, 0.3) is 0 Å². The second-order valence-corrected chi connectivity index (χ2v) is 1.95. The van der Waals surface area contributed by atoms with Gasteiger partial charge in [-0.15, -0.1) is 0 Å². The lowest BCUT2D eigenvalue weighted by atomic mass is 10.4. The lowest BCUT2D eigenvalue weighted by molar-refractivity contribution is -0.191. The molecule has 0 N–H and O–H groups in total. The van der Waals surface area contributed by atoms with E-state index in [0.29, 0.717) is 6.61 Å². The van der Waals surface area contributed by atoms with Crippen LogP contribution in [0.2, 0.25) is 0 Å². The van der Waals surface area contributed by atoms with Gasteiger partial charge in [-0.25, -0.2) is 0 Å². The number of ether oxygens (including phenoxy) is 1. The number of aromatic nitrogens is 1. The van der Waals surface area contributed by atoms with E-state index in [1.807, 2.05) is 13.0 Å². The summed E-state index contributed by atoms with van der Waals surface area (Å²) >= 11 is 0. The molecule has 0 aromatic carbocycles. The van der Waals surface area contributed by atoms with Crippen molar-refractivity contribution in [3.8, 4) is 0 Å². The van der Waals surface area contributed by atoms with Crippen LogP contribution in [0, 0.1) is 6.92 Å². The maximum absolute atomic E-state index is 8.12. The molecule has 0 atom stereocenters. The van der Waals surface area contributed by atoms with E-state index >= 15 is 0 Å². The van der Waals surface area contributed by atoms with Crippen molar-refractivity contribution < 1.29 is 18.8 Å². The molecule has 0 aliphatic heterocycles. The fourth-order valence-corrected chi connectivity index (χ4v) is 0.627. The predicted molar refractivity (Wildman–Crippen MR) is 37.0 cm³/mol. The van der Waals surface area contributed by atoms with Gasteiger partial charge in [-0.05, 0) is 6.92 Å². The molecular formula is C7H9NO4. The van der Waals surface area contributed by atoms with E-state index < -0.39 is 0 Å². The van der Waals surface area contributed by atoms with Gasteiger partial charge in [-0.1, -0.05) is 5.16 Å². The highest BCUT2D eigenvalue weighted by Crippen LogP contribution is 2.01. The fourth-order valence-electron chi connectivity index (χ4n) is 0.627. The smallest absolute Gasteiger partial charge is 0.373 e. The normalized spacial score (nSPS) is 8.17. The van der Waals surface area contributed by atoms with Gasteiger partial charge in [0.2, 0.25) is 0 Å². The summed E-state index contributed by atoms with van der Waals surface area (Å²) in [4.78, 5) is 16.2. The molecule has 1 aromatic rings. The average molecular weight is 171 g/mol. The third-order valence-corrected chi connectivity index (χ3v) is 0.963. The minimum Gasteiger partial charge on any atom is -0.377 e. The van der Waals surface area contributed by atoms with Crippen molar-refractivity contribution in [1.29, 1.82) is 0 Å². The van der Waals surface area contributed by atoms with Gasteiger partial charge in [-0.2, -0.15) is 9.59 Å². The molecule has 1 rings (SSSR count). The van der Waals surface area contributed by atoms with Crippen molar-refractivity contribution in [2.45, 2.75) is 13.5 Å². The van der Waals surface area contributed by atoms with Crippen LogP contribution in [0.5, 0.6) is 0 Å². The Morgan fingerprint density at radius 1 is 1.67 bits per heavy atom. The molecule has 0 fully saturated rings. The van der Waals surface area contributed by atoms with Crippen LogP contribution < -0.4 is 0 Å². The van der Waals surface area contributed by atoms with Crippen molar-refractivity contribution >= 4 is 6.15 Å². The van der Waals surface area contributed by atoms with E-state index in [1.54, 1.807) is 7.11 Å². The third-order valence-electron chi connectivity index (χ3n) is 0.963. The standard InChI is InChI=1S/C6H9NO2.CO2/c1-5-3-6(4-8-2)9-7-5;2-1-3/h3H,4H2,1-2H3;. The monoisotopic (exact) mass is 171 g/mol. The summed E-state index contributed by atoms with van der Waals surface area (Å²) in [5.74, 6) is 0.773. The molecule has 0 aliphatic rings. The van der Waals surface area contributed by atoms with Crippen LogP contribution in [0.1, 0.15) is 11.5 Å². The number of hydrogen-bond acceptors (Lipinski definition) is 5. The van der Waals surface area contributed by atoms with E-state index in [-0.39, 0.29) is 6.15 Å². The van der Waals surface area contributed by atoms with Crippen LogP contribution >= 0.6 is 0 Å². The van der Waals surface area contributed by atoms with Gasteiger partial charge in [0.05, 0.1) is 5.69 Å². The fraction of sp³-hybridized carbons (Fsp3) is 0.429. The van der Waals surface area contributed by atoms with Crippen LogP contribution in [0.15, 0.2) is 10.6 Å². The molecule has 5 nitrogen and oxygen atoms in total. The lowest BCUT2D eigenvalue weighted by Gasteiger charge is -1.86. The maximum atomic E-state index is 8.12. The average Bonchev–Trinajstić information content (AvgIpc) is 2.38. The molecule has 0 radical (unpaired) electrons. The van der Waals surface area contributed by atoms with Crippen LogP contribution in [-0.2, 0) is 20.9 Å². The number of aryl methyl sites for hydroxylation is 1. The number of rotatable bonds is 2. The summed E-state index contributed by atoms with van der Waals surface area (Å²) in [7, 11) is 1.62. The van der Waals surface area contributed by atoms with Gasteiger partial charge in [0.1, 0.15) is 6.61 Å². The largest absolute Gasteiger partial charge is 0.377 e. The Kier molecular flexibility index (Phi) is 5.51. The van der Waals surface area contributed by atoms with Crippen molar-refractivity contribution in [2.75, 3.05) is 7.11 Å². The number of carbonyl (C=O) groups excluding carboxylic acids is 2. The second kappa shape index (κ2) is 6.27. The Hall–Kier alpha value is -1.45. The molecule has 0 saturated heterocycles. The molecule has 1 aromatic heterocycles. The summed E-state index contributed by atoms with van der Waals surface area (Å²) in [5, 5.41) is 3.68. The SMILES string of the molecule is COCc1cc(C)no1.O=C=O. The molecule has 0 amide bonds. The number of nitrogens with zero attached hydrogens (tertiary/aromatic N) is 1. The van der Waals surface area contributed by atoms with E-state index in [4.69, 9.17) is 18.8 Å². The molecule has 0 aliphatic carbocycles. The quantitative estimate of drug-likeness (QED) is 0.649. The summed E-state index contributed by atoms with van der Waals surface area (Å²) in [6.45, 7) is 2.38. The molecule has 0 saturated carbocycles. The van der Waals surface area contributed by atoms with Crippen molar-refractivity contribution in [2.24, 2.45) is 0 Å². The highest BCUT2D eigenvalue weighted by atomic mass is 16.5. The van der Waals surface area contributed by atoms with Gasteiger partial charge in [0.15, 0.2) is 5.76 Å². The van der Waals surface area contributed by atoms with Crippen molar-refractivity contribution in [1.82, 2.24) is 5.16 Å². The highest BCUT2D eigenvalue weighted by Gasteiger charge is 1.96. The summed E-state index contributed by atoms with van der Waals surface area (Å²) in [5.41, 5.74) is 0.891. The Morgan fingerprint density at radius 2 is 2.25 bits per heavy atom. The van der Waals surface area contributed by atoms with E-state index in [1.165, 1.54) is 0 Å². The zero-order valence-corrected chi connectivity index (χ0v) is 6.86. The highest BCUT2D eigenvalue weighted by molar-refractivity contribution is 5.20. The number of methoxy groups -OCH3 is 1. The molecule has 0 bridgehead atoms. The Morgan fingerprint density at radius 3 is 2.58 bits per heavy atom. The first-order chi connectivity index (χ1) is 5.74. The van der Waals surface area contributed by atoms with Crippen molar-refractivity contribution in [3.05, 3.63) is 17.5 Å². The zero-order chi connectivity index (χ0) is 9.40. The Labute approximate surface area is 69.3 Å². The second-order valence-electron chi connectivity index (χ2n) is 1.95. The summed E-state index contributed by atoms with van der Waals surface area (Å²) in [6, 6.07) is 1.85. The molecule has 12 heavy (non-hydrogen) atoms. The predicted octanol–water partition coefficient (Wildman–Crippen LogP) is 0.546. The molecule has 1 heterocycles. The van der Waals surface area contributed by atoms with Gasteiger partial charge < -0.3 is 9.26 Å². The summed E-state index contributed by atoms with van der Waals surface area (Å²) in [6.07, 6.45) is 0.250. The molecule has 5 heteroatoms. The number of hydrogen-bond donors (Lipinski definition) is 0. The molecule has 0 unspecified atom stereocenters. The lowest BCUT2D eigenvalue weighted by Crippen LogP contribution is -1.81.